The number of carbonyl (C=O) groups is 2. The van der Waals surface area contributed by atoms with Crippen LogP contribution in [0.15, 0.2) is 66.7 Å². The first-order chi connectivity index (χ1) is 18.5. The highest BCUT2D eigenvalue weighted by Gasteiger charge is 2.18. The van der Waals surface area contributed by atoms with Gasteiger partial charge in [-0.15, -0.1) is 0 Å². The minimum absolute atomic E-state index is 0.0796. The molecule has 2 heterocycles. The van der Waals surface area contributed by atoms with E-state index in [-0.39, 0.29) is 5.91 Å². The second-order valence-corrected chi connectivity index (χ2v) is 9.43. The van der Waals surface area contributed by atoms with Crippen molar-refractivity contribution in [3.05, 3.63) is 94.9 Å². The van der Waals surface area contributed by atoms with Gasteiger partial charge in [-0.1, -0.05) is 42.0 Å². The van der Waals surface area contributed by atoms with Crippen LogP contribution in [0.2, 0.25) is 0 Å². The van der Waals surface area contributed by atoms with Gasteiger partial charge in [-0.2, -0.15) is 0 Å². The Balaban J connectivity index is 0.000000417. The summed E-state index contributed by atoms with van der Waals surface area (Å²) in [7, 11) is 1.62. The summed E-state index contributed by atoms with van der Waals surface area (Å²) < 4.78 is 5.26. The third kappa shape index (κ3) is 6.73. The van der Waals surface area contributed by atoms with Crippen molar-refractivity contribution in [3.8, 4) is 5.75 Å². The van der Waals surface area contributed by atoms with Crippen LogP contribution in [-0.2, 0) is 17.8 Å². The largest absolute Gasteiger partial charge is 0.497 e. The van der Waals surface area contributed by atoms with Crippen molar-refractivity contribution in [2.45, 2.75) is 33.2 Å². The number of hydrogen-bond donors (Lipinski definition) is 2. The standard InChI is InChI=1S/C24H28N4O3.C7H8/c1-3-28(24(30)23-14-18-13-20(31-2)8-9-22(18)26-23)11-10-27(16-29)15-19-12-17-6-4-5-7-21(17)25-19;1-7-5-3-2-4-6-7/h5,7-9,12-14,16,25-26H,3-4,6,10-11,15H2,1-2H3;2-6H,1H3. The van der Waals surface area contributed by atoms with E-state index in [1.807, 2.05) is 49.4 Å². The lowest BCUT2D eigenvalue weighted by molar-refractivity contribution is -0.118. The fourth-order valence-electron chi connectivity index (χ4n) is 4.56. The molecule has 0 radical (unpaired) electrons. The maximum atomic E-state index is 13.0. The number of carbonyl (C=O) groups excluding carboxylic acids is 2. The first kappa shape index (κ1) is 26.8. The molecule has 2 aromatic carbocycles. The lowest BCUT2D eigenvalue weighted by Gasteiger charge is -2.24. The summed E-state index contributed by atoms with van der Waals surface area (Å²) in [5, 5.41) is 0.929. The van der Waals surface area contributed by atoms with Crippen LogP contribution in [-0.4, -0.2) is 58.8 Å². The van der Waals surface area contributed by atoms with E-state index in [0.717, 1.165) is 47.3 Å². The highest BCUT2D eigenvalue weighted by molar-refractivity contribution is 5.98. The fraction of sp³-hybridized carbons (Fsp3) is 0.290. The average Bonchev–Trinajstić information content (AvgIpc) is 3.56. The number of likely N-dealkylation sites (N-methyl/N-ethyl adjacent to an activating group) is 1. The normalized spacial score (nSPS) is 11.9. The topological polar surface area (TPSA) is 81.4 Å². The summed E-state index contributed by atoms with van der Waals surface area (Å²) >= 11 is 0. The van der Waals surface area contributed by atoms with E-state index >= 15 is 0 Å². The van der Waals surface area contributed by atoms with Crippen LogP contribution in [0, 0.1) is 6.92 Å². The number of benzene rings is 2. The number of fused-ring (bicyclic) bond motifs is 2. The number of amides is 2. The Morgan fingerprint density at radius 3 is 2.53 bits per heavy atom. The Labute approximate surface area is 224 Å². The zero-order chi connectivity index (χ0) is 26.9. The van der Waals surface area contributed by atoms with E-state index < -0.39 is 0 Å². The number of H-pyrrole nitrogens is 2. The quantitative estimate of drug-likeness (QED) is 0.287. The predicted molar refractivity (Wildman–Crippen MR) is 152 cm³/mol. The molecule has 198 valence electrons. The Morgan fingerprint density at radius 2 is 1.87 bits per heavy atom. The molecule has 7 heteroatoms. The monoisotopic (exact) mass is 512 g/mol. The molecule has 4 aromatic rings. The van der Waals surface area contributed by atoms with Crippen LogP contribution in [0.25, 0.3) is 17.0 Å². The van der Waals surface area contributed by atoms with Crippen LogP contribution >= 0.6 is 0 Å². The maximum absolute atomic E-state index is 13.0. The van der Waals surface area contributed by atoms with Crippen molar-refractivity contribution in [2.75, 3.05) is 26.7 Å². The van der Waals surface area contributed by atoms with Gasteiger partial charge in [0.25, 0.3) is 5.91 Å². The second kappa shape index (κ2) is 12.8. The van der Waals surface area contributed by atoms with E-state index in [2.05, 4.69) is 47.2 Å². The van der Waals surface area contributed by atoms with Crippen LogP contribution < -0.4 is 4.74 Å². The van der Waals surface area contributed by atoms with Gasteiger partial charge in [0.2, 0.25) is 6.41 Å². The van der Waals surface area contributed by atoms with Crippen molar-refractivity contribution in [2.24, 2.45) is 0 Å². The molecule has 0 saturated heterocycles. The molecule has 0 aliphatic heterocycles. The Bertz CT molecular complexity index is 1390. The summed E-state index contributed by atoms with van der Waals surface area (Å²) in [4.78, 5) is 34.7. The molecule has 0 saturated carbocycles. The molecule has 2 N–H and O–H groups in total. The molecular formula is C31H36N4O3. The third-order valence-corrected chi connectivity index (χ3v) is 6.70. The van der Waals surface area contributed by atoms with Gasteiger partial charge in [-0.25, -0.2) is 0 Å². The fourth-order valence-corrected chi connectivity index (χ4v) is 4.56. The Morgan fingerprint density at radius 1 is 1.05 bits per heavy atom. The van der Waals surface area contributed by atoms with Crippen molar-refractivity contribution in [3.63, 3.8) is 0 Å². The highest BCUT2D eigenvalue weighted by Crippen LogP contribution is 2.23. The van der Waals surface area contributed by atoms with E-state index in [9.17, 15) is 9.59 Å². The number of rotatable bonds is 9. The van der Waals surface area contributed by atoms with Gasteiger partial charge >= 0.3 is 0 Å². The number of aromatic nitrogens is 2. The predicted octanol–water partition coefficient (Wildman–Crippen LogP) is 5.58. The summed E-state index contributed by atoms with van der Waals surface area (Å²) in [6.07, 6.45) is 7.18. The summed E-state index contributed by atoms with van der Waals surface area (Å²) in [6, 6.07) is 19.9. The number of methoxy groups -OCH3 is 1. The number of aryl methyl sites for hydroxylation is 2. The van der Waals surface area contributed by atoms with Crippen molar-refractivity contribution >= 4 is 29.3 Å². The van der Waals surface area contributed by atoms with Crippen molar-refractivity contribution in [1.29, 1.82) is 0 Å². The lowest BCUT2D eigenvalue weighted by atomic mass is 10.0. The molecule has 1 aliphatic rings. The molecule has 7 nitrogen and oxygen atoms in total. The van der Waals surface area contributed by atoms with E-state index in [4.69, 9.17) is 4.74 Å². The number of ether oxygens (including phenoxy) is 1. The van der Waals surface area contributed by atoms with E-state index in [1.165, 1.54) is 11.1 Å². The van der Waals surface area contributed by atoms with Crippen molar-refractivity contribution < 1.29 is 14.3 Å². The molecule has 0 unspecified atom stereocenters. The molecule has 0 fully saturated rings. The van der Waals surface area contributed by atoms with Gasteiger partial charge < -0.3 is 24.5 Å². The molecule has 38 heavy (non-hydrogen) atoms. The number of allylic oxidation sites excluding steroid dienone is 1. The molecule has 2 aromatic heterocycles. The maximum Gasteiger partial charge on any atom is 0.270 e. The van der Waals surface area contributed by atoms with Gasteiger partial charge in [-0.05, 0) is 68.7 Å². The molecule has 0 spiro atoms. The molecular weight excluding hydrogens is 476 g/mol. The molecule has 5 rings (SSSR count). The lowest BCUT2D eigenvalue weighted by Crippen LogP contribution is -2.38. The number of aromatic amines is 2. The van der Waals surface area contributed by atoms with Crippen LogP contribution in [0.3, 0.4) is 0 Å². The highest BCUT2D eigenvalue weighted by atomic mass is 16.5. The van der Waals surface area contributed by atoms with Gasteiger partial charge in [0.1, 0.15) is 11.4 Å². The van der Waals surface area contributed by atoms with Gasteiger partial charge in [0.05, 0.1) is 13.7 Å². The molecule has 0 bridgehead atoms. The summed E-state index contributed by atoms with van der Waals surface area (Å²) in [5.74, 6) is 0.671. The third-order valence-electron chi connectivity index (χ3n) is 6.70. The zero-order valence-corrected chi connectivity index (χ0v) is 22.4. The summed E-state index contributed by atoms with van der Waals surface area (Å²) in [5.41, 5.74) is 6.19. The van der Waals surface area contributed by atoms with Gasteiger partial charge in [-0.3, -0.25) is 9.59 Å². The SMILES string of the molecule is CCN(CCN(C=O)Cc1cc2c([nH]1)C=CCC2)C(=O)c1cc2cc(OC)ccc2[nH]1.Cc1ccccc1. The smallest absolute Gasteiger partial charge is 0.270 e. The van der Waals surface area contributed by atoms with E-state index in [0.29, 0.717) is 31.9 Å². The summed E-state index contributed by atoms with van der Waals surface area (Å²) in [6.45, 7) is 6.03. The van der Waals surface area contributed by atoms with Gasteiger partial charge in [0, 0.05) is 41.9 Å². The van der Waals surface area contributed by atoms with Crippen LogP contribution in [0.1, 0.15) is 46.3 Å². The average molecular weight is 513 g/mol. The second-order valence-electron chi connectivity index (χ2n) is 9.43. The van der Waals surface area contributed by atoms with Crippen LogP contribution in [0.4, 0.5) is 0 Å². The van der Waals surface area contributed by atoms with E-state index in [1.54, 1.807) is 16.9 Å². The minimum atomic E-state index is -0.0796. The molecule has 2 amide bonds. The number of nitrogens with zero attached hydrogens (tertiary/aromatic N) is 2. The van der Waals surface area contributed by atoms with Crippen LogP contribution in [0.5, 0.6) is 5.75 Å². The Hall–Kier alpha value is -4.26. The molecule has 0 atom stereocenters. The minimum Gasteiger partial charge on any atom is -0.497 e. The van der Waals surface area contributed by atoms with Gasteiger partial charge in [0.15, 0.2) is 0 Å². The van der Waals surface area contributed by atoms with Crippen molar-refractivity contribution in [1.82, 2.24) is 19.8 Å². The molecule has 1 aliphatic carbocycles. The zero-order valence-electron chi connectivity index (χ0n) is 22.4. The first-order valence-corrected chi connectivity index (χ1v) is 13.0. The Kier molecular flexibility index (Phi) is 9.03. The number of hydrogen-bond acceptors (Lipinski definition) is 3. The first-order valence-electron chi connectivity index (χ1n) is 13.0. The number of nitrogens with one attached hydrogen (secondary N) is 2.